The Morgan fingerprint density at radius 3 is 2.39 bits per heavy atom. The third kappa shape index (κ3) is 8.29. The monoisotopic (exact) mass is 390 g/mol. The number of carbonyl (C=O) groups is 1. The van der Waals surface area contributed by atoms with E-state index in [-0.39, 0.29) is 5.91 Å². The van der Waals surface area contributed by atoms with Crippen molar-refractivity contribution in [1.29, 1.82) is 0 Å². The van der Waals surface area contributed by atoms with Crippen LogP contribution in [0.3, 0.4) is 0 Å². The number of hydrogen-bond donors (Lipinski definition) is 2. The molecular weight excluding hydrogens is 352 g/mol. The van der Waals surface area contributed by atoms with Crippen molar-refractivity contribution in [2.45, 2.75) is 70.4 Å². The maximum absolute atomic E-state index is 12.5. The Kier molecular flexibility index (Phi) is 10.5. The number of rotatable bonds is 13. The number of hydrogen-bond acceptors (Lipinski definition) is 4. The molecule has 0 saturated carbocycles. The summed E-state index contributed by atoms with van der Waals surface area (Å²) in [5, 5.41) is 14.2. The Morgan fingerprint density at radius 1 is 1.07 bits per heavy atom. The van der Waals surface area contributed by atoms with Crippen molar-refractivity contribution in [3.05, 3.63) is 35.9 Å². The molecule has 1 aliphatic heterocycles. The van der Waals surface area contributed by atoms with E-state index in [1.54, 1.807) is 0 Å². The lowest BCUT2D eigenvalue weighted by atomic mass is 9.98. The molecule has 1 aromatic rings. The van der Waals surface area contributed by atoms with Crippen molar-refractivity contribution in [1.82, 2.24) is 10.2 Å². The van der Waals surface area contributed by atoms with Crippen LogP contribution in [0.4, 0.5) is 0 Å². The lowest BCUT2D eigenvalue weighted by Gasteiger charge is -2.34. The molecule has 1 aromatic carbocycles. The maximum Gasteiger partial charge on any atom is 0.222 e. The number of unbranched alkanes of at least 4 members (excludes halogenated alkanes) is 6. The zero-order chi connectivity index (χ0) is 20.1. The lowest BCUT2D eigenvalue weighted by molar-refractivity contribution is -0.130. The highest BCUT2D eigenvalue weighted by molar-refractivity contribution is 5.76. The predicted molar refractivity (Wildman–Crippen MR) is 113 cm³/mol. The molecule has 2 N–H and O–H groups in total. The second-order valence-electron chi connectivity index (χ2n) is 7.85. The van der Waals surface area contributed by atoms with Gasteiger partial charge in [0.05, 0.1) is 13.2 Å². The van der Waals surface area contributed by atoms with Gasteiger partial charge in [0.15, 0.2) is 5.72 Å². The smallest absolute Gasteiger partial charge is 0.222 e. The van der Waals surface area contributed by atoms with E-state index in [4.69, 9.17) is 4.74 Å². The van der Waals surface area contributed by atoms with Crippen LogP contribution in [0.25, 0.3) is 0 Å². The van der Waals surface area contributed by atoms with Gasteiger partial charge in [-0.3, -0.25) is 9.69 Å². The van der Waals surface area contributed by atoms with Crippen LogP contribution in [0.5, 0.6) is 0 Å². The molecule has 0 radical (unpaired) electrons. The van der Waals surface area contributed by atoms with Crippen LogP contribution in [-0.4, -0.2) is 48.8 Å². The van der Waals surface area contributed by atoms with E-state index >= 15 is 0 Å². The molecule has 28 heavy (non-hydrogen) atoms. The van der Waals surface area contributed by atoms with Crippen LogP contribution in [0.1, 0.15) is 70.3 Å². The first-order chi connectivity index (χ1) is 13.6. The van der Waals surface area contributed by atoms with E-state index in [1.807, 2.05) is 30.3 Å². The van der Waals surface area contributed by atoms with Crippen molar-refractivity contribution in [2.24, 2.45) is 0 Å². The van der Waals surface area contributed by atoms with Crippen LogP contribution in [0.15, 0.2) is 30.3 Å². The van der Waals surface area contributed by atoms with E-state index in [0.717, 1.165) is 51.3 Å². The fourth-order valence-corrected chi connectivity index (χ4v) is 3.67. The Bertz CT molecular complexity index is 546. The minimum absolute atomic E-state index is 0.0677. The Morgan fingerprint density at radius 2 is 1.71 bits per heavy atom. The summed E-state index contributed by atoms with van der Waals surface area (Å²) in [4.78, 5) is 14.8. The third-order valence-corrected chi connectivity index (χ3v) is 5.50. The molecule has 1 amide bonds. The molecule has 0 spiro atoms. The molecule has 1 aliphatic rings. The number of ether oxygens (including phenoxy) is 1. The summed E-state index contributed by atoms with van der Waals surface area (Å²) in [7, 11) is 0. The summed E-state index contributed by atoms with van der Waals surface area (Å²) >= 11 is 0. The molecule has 5 heteroatoms. The highest BCUT2D eigenvalue weighted by Gasteiger charge is 2.31. The molecule has 0 aromatic heterocycles. The Labute approximate surface area is 170 Å². The highest BCUT2D eigenvalue weighted by Crippen LogP contribution is 2.23. The minimum atomic E-state index is -1.32. The van der Waals surface area contributed by atoms with Crippen LogP contribution < -0.4 is 5.32 Å². The van der Waals surface area contributed by atoms with Gasteiger partial charge in [0.2, 0.25) is 5.91 Å². The van der Waals surface area contributed by atoms with Gasteiger partial charge in [-0.25, -0.2) is 0 Å². The maximum atomic E-state index is 12.5. The quantitative estimate of drug-likeness (QED) is 0.397. The molecule has 158 valence electrons. The summed E-state index contributed by atoms with van der Waals surface area (Å²) in [6, 6.07) is 9.49. The van der Waals surface area contributed by atoms with Crippen LogP contribution in [0.2, 0.25) is 0 Å². The van der Waals surface area contributed by atoms with Crippen molar-refractivity contribution >= 4 is 5.91 Å². The number of nitrogens with zero attached hydrogens (tertiary/aromatic N) is 1. The average molecular weight is 391 g/mol. The normalized spacial score (nSPS) is 17.2. The molecule has 1 saturated heterocycles. The highest BCUT2D eigenvalue weighted by atomic mass is 16.5. The number of morpholine rings is 1. The number of benzene rings is 1. The number of nitrogens with one attached hydrogen (secondary N) is 1. The van der Waals surface area contributed by atoms with Gasteiger partial charge in [-0.15, -0.1) is 0 Å². The second kappa shape index (κ2) is 12.9. The number of aliphatic hydroxyl groups is 1. The largest absolute Gasteiger partial charge is 0.379 e. The van der Waals surface area contributed by atoms with Crippen LogP contribution in [0, 0.1) is 0 Å². The van der Waals surface area contributed by atoms with Gasteiger partial charge in [0.25, 0.3) is 0 Å². The van der Waals surface area contributed by atoms with Crippen LogP contribution in [-0.2, 0) is 15.3 Å². The fraction of sp³-hybridized carbons (Fsp3) is 0.696. The molecule has 1 heterocycles. The van der Waals surface area contributed by atoms with Crippen molar-refractivity contribution in [3.8, 4) is 0 Å². The topological polar surface area (TPSA) is 61.8 Å². The predicted octanol–water partition coefficient (Wildman–Crippen LogP) is 3.81. The second-order valence-corrected chi connectivity index (χ2v) is 7.85. The van der Waals surface area contributed by atoms with E-state index in [1.165, 1.54) is 32.1 Å². The molecule has 5 nitrogen and oxygen atoms in total. The SMILES string of the molecule is CCCCCCCCCC(=O)NC(O)(CCN1CCOCC1)c1ccccc1. The summed E-state index contributed by atoms with van der Waals surface area (Å²) in [5.41, 5.74) is -0.575. The molecule has 0 aliphatic carbocycles. The van der Waals surface area contributed by atoms with Crippen molar-refractivity contribution in [2.75, 3.05) is 32.8 Å². The van der Waals surface area contributed by atoms with Crippen molar-refractivity contribution < 1.29 is 14.6 Å². The van der Waals surface area contributed by atoms with Crippen LogP contribution >= 0.6 is 0 Å². The summed E-state index contributed by atoms with van der Waals surface area (Å²) < 4.78 is 5.39. The summed E-state index contributed by atoms with van der Waals surface area (Å²) in [5.74, 6) is -0.0677. The summed E-state index contributed by atoms with van der Waals surface area (Å²) in [6.45, 7) is 6.15. The Hall–Kier alpha value is -1.43. The summed E-state index contributed by atoms with van der Waals surface area (Å²) in [6.07, 6.45) is 9.19. The zero-order valence-electron chi connectivity index (χ0n) is 17.5. The minimum Gasteiger partial charge on any atom is -0.379 e. The molecular formula is C23H38N2O3. The Balaban J connectivity index is 1.82. The van der Waals surface area contributed by atoms with Gasteiger partial charge < -0.3 is 15.2 Å². The van der Waals surface area contributed by atoms with E-state index in [0.29, 0.717) is 12.8 Å². The number of carbonyl (C=O) groups excluding carboxylic acids is 1. The number of amides is 1. The van der Waals surface area contributed by atoms with Gasteiger partial charge in [0, 0.05) is 38.0 Å². The molecule has 1 fully saturated rings. The molecule has 1 unspecified atom stereocenters. The van der Waals surface area contributed by atoms with Gasteiger partial charge in [-0.2, -0.15) is 0 Å². The standard InChI is InChI=1S/C23H38N2O3/c1-2-3-4-5-6-7-11-14-22(26)24-23(27,21-12-9-8-10-13-21)15-16-25-17-19-28-20-18-25/h8-10,12-13,27H,2-7,11,14-20H2,1H3,(H,24,26). The molecule has 1 atom stereocenters. The first kappa shape index (κ1) is 22.9. The van der Waals surface area contributed by atoms with Gasteiger partial charge in [0.1, 0.15) is 0 Å². The fourth-order valence-electron chi connectivity index (χ4n) is 3.67. The van der Waals surface area contributed by atoms with Crippen molar-refractivity contribution in [3.63, 3.8) is 0 Å². The van der Waals surface area contributed by atoms with E-state index in [9.17, 15) is 9.90 Å². The third-order valence-electron chi connectivity index (χ3n) is 5.50. The lowest BCUT2D eigenvalue weighted by Crippen LogP contribution is -2.49. The van der Waals surface area contributed by atoms with Gasteiger partial charge in [-0.05, 0) is 6.42 Å². The van der Waals surface area contributed by atoms with E-state index < -0.39 is 5.72 Å². The molecule has 2 rings (SSSR count). The zero-order valence-corrected chi connectivity index (χ0v) is 17.5. The van der Waals surface area contributed by atoms with Gasteiger partial charge in [-0.1, -0.05) is 75.8 Å². The first-order valence-electron chi connectivity index (χ1n) is 11.0. The first-order valence-corrected chi connectivity index (χ1v) is 11.0. The molecule has 0 bridgehead atoms. The average Bonchev–Trinajstić information content (AvgIpc) is 2.73. The van der Waals surface area contributed by atoms with Gasteiger partial charge >= 0.3 is 0 Å². The van der Waals surface area contributed by atoms with E-state index in [2.05, 4.69) is 17.1 Å².